The quantitative estimate of drug-likeness (QED) is 0.672. The van der Waals surface area contributed by atoms with E-state index in [1.54, 1.807) is 4.90 Å². The molecule has 0 spiro atoms. The van der Waals surface area contributed by atoms with E-state index in [0.717, 1.165) is 32.9 Å². The number of hydrogen-bond acceptors (Lipinski definition) is 4. The van der Waals surface area contributed by atoms with E-state index in [9.17, 15) is 4.79 Å². The molecular weight excluding hydrogens is 402 g/mol. The second-order valence-corrected chi connectivity index (χ2v) is 7.69. The fourth-order valence-electron chi connectivity index (χ4n) is 2.46. The van der Waals surface area contributed by atoms with Crippen molar-refractivity contribution in [3.05, 3.63) is 52.5 Å². The molecule has 4 nitrogen and oxygen atoms in total. The van der Waals surface area contributed by atoms with E-state index >= 15 is 0 Å². The summed E-state index contributed by atoms with van der Waals surface area (Å²) in [6.45, 7) is 1.93. The number of ether oxygens (including phenoxy) is 2. The molecule has 1 amide bonds. The minimum absolute atomic E-state index is 0.0906. The fraction of sp³-hybridized carbons (Fsp3) is 0.316. The lowest BCUT2D eigenvalue weighted by molar-refractivity contribution is -0.127. The Hall–Kier alpha value is -1.66. The standard InChI is InChI=1S/C19H20BrNO3S/c1-21(12-14-5-2-3-6-16(14)20)19(22)13-25-15-7-8-17-18(11-15)24-10-4-9-23-17/h2-3,5-8,11H,4,9-10,12-13H2,1H3. The first-order valence-electron chi connectivity index (χ1n) is 8.13. The van der Waals surface area contributed by atoms with Crippen LogP contribution in [0.4, 0.5) is 0 Å². The van der Waals surface area contributed by atoms with E-state index in [-0.39, 0.29) is 5.91 Å². The van der Waals surface area contributed by atoms with Gasteiger partial charge in [-0.3, -0.25) is 4.79 Å². The van der Waals surface area contributed by atoms with Gasteiger partial charge in [0.1, 0.15) is 0 Å². The number of halogens is 1. The van der Waals surface area contributed by atoms with E-state index in [1.165, 1.54) is 11.8 Å². The third-order valence-corrected chi connectivity index (χ3v) is 5.62. The summed E-state index contributed by atoms with van der Waals surface area (Å²) in [4.78, 5) is 15.2. The number of hydrogen-bond donors (Lipinski definition) is 0. The molecule has 25 heavy (non-hydrogen) atoms. The van der Waals surface area contributed by atoms with Gasteiger partial charge in [0.15, 0.2) is 11.5 Å². The van der Waals surface area contributed by atoms with Crippen molar-refractivity contribution >= 4 is 33.6 Å². The Balaban J connectivity index is 1.57. The number of nitrogens with zero attached hydrogens (tertiary/aromatic N) is 1. The highest BCUT2D eigenvalue weighted by Crippen LogP contribution is 2.34. The normalized spacial score (nSPS) is 13.2. The number of carbonyl (C=O) groups excluding carboxylic acids is 1. The lowest BCUT2D eigenvalue weighted by atomic mass is 10.2. The minimum atomic E-state index is 0.0906. The molecule has 3 rings (SSSR count). The Morgan fingerprint density at radius 2 is 1.92 bits per heavy atom. The molecule has 6 heteroatoms. The Kier molecular flexibility index (Phi) is 6.26. The Labute approximate surface area is 160 Å². The first-order chi connectivity index (χ1) is 12.1. The highest BCUT2D eigenvalue weighted by Gasteiger charge is 2.14. The second kappa shape index (κ2) is 8.63. The summed E-state index contributed by atoms with van der Waals surface area (Å²) in [5.74, 6) is 2.02. The van der Waals surface area contributed by atoms with Crippen molar-refractivity contribution in [2.24, 2.45) is 0 Å². The zero-order valence-electron chi connectivity index (χ0n) is 14.0. The number of carbonyl (C=O) groups is 1. The molecular formula is C19H20BrNO3S. The fourth-order valence-corrected chi connectivity index (χ4v) is 3.73. The van der Waals surface area contributed by atoms with Gasteiger partial charge in [-0.2, -0.15) is 0 Å². The average molecular weight is 422 g/mol. The summed E-state index contributed by atoms with van der Waals surface area (Å²) >= 11 is 5.03. The maximum atomic E-state index is 12.4. The first kappa shape index (κ1) is 18.1. The predicted octanol–water partition coefficient (Wildman–Crippen LogP) is 4.36. The van der Waals surface area contributed by atoms with Crippen molar-refractivity contribution in [1.29, 1.82) is 0 Å². The molecule has 1 heterocycles. The number of thioether (sulfide) groups is 1. The zero-order chi connectivity index (χ0) is 17.6. The molecule has 0 atom stereocenters. The highest BCUT2D eigenvalue weighted by atomic mass is 79.9. The molecule has 0 saturated heterocycles. The van der Waals surface area contributed by atoms with Crippen LogP contribution in [0.1, 0.15) is 12.0 Å². The Morgan fingerprint density at radius 1 is 1.16 bits per heavy atom. The lowest BCUT2D eigenvalue weighted by Crippen LogP contribution is -2.27. The average Bonchev–Trinajstić information content (AvgIpc) is 2.86. The zero-order valence-corrected chi connectivity index (χ0v) is 16.4. The van der Waals surface area contributed by atoms with Crippen LogP contribution in [0.25, 0.3) is 0 Å². The SMILES string of the molecule is CN(Cc1ccccc1Br)C(=O)CSc1ccc2c(c1)OCCCO2. The molecule has 0 N–H and O–H groups in total. The lowest BCUT2D eigenvalue weighted by Gasteiger charge is -2.18. The number of benzene rings is 2. The molecule has 0 radical (unpaired) electrons. The van der Waals surface area contributed by atoms with Gasteiger partial charge in [0.05, 0.1) is 19.0 Å². The molecule has 2 aromatic rings. The van der Waals surface area contributed by atoms with Crippen LogP contribution in [0.5, 0.6) is 11.5 Å². The van der Waals surface area contributed by atoms with Gasteiger partial charge in [0.25, 0.3) is 0 Å². The summed E-state index contributed by atoms with van der Waals surface area (Å²) in [7, 11) is 1.83. The smallest absolute Gasteiger partial charge is 0.232 e. The number of fused-ring (bicyclic) bond motifs is 1. The molecule has 0 fully saturated rings. The van der Waals surface area contributed by atoms with Crippen molar-refractivity contribution in [2.45, 2.75) is 17.9 Å². The van der Waals surface area contributed by atoms with Gasteiger partial charge in [-0.25, -0.2) is 0 Å². The summed E-state index contributed by atoms with van der Waals surface area (Å²) in [6, 6.07) is 13.8. The van der Waals surface area contributed by atoms with Gasteiger partial charge in [0.2, 0.25) is 5.91 Å². The maximum absolute atomic E-state index is 12.4. The molecule has 0 unspecified atom stereocenters. The van der Waals surface area contributed by atoms with Gasteiger partial charge in [0, 0.05) is 29.4 Å². The van der Waals surface area contributed by atoms with Gasteiger partial charge in [-0.05, 0) is 29.8 Å². The summed E-state index contributed by atoms with van der Waals surface area (Å²) in [5, 5.41) is 0. The van der Waals surface area contributed by atoms with Crippen molar-refractivity contribution < 1.29 is 14.3 Å². The van der Waals surface area contributed by atoms with Crippen LogP contribution >= 0.6 is 27.7 Å². The van der Waals surface area contributed by atoms with E-state index in [2.05, 4.69) is 15.9 Å². The predicted molar refractivity (Wildman–Crippen MR) is 103 cm³/mol. The monoisotopic (exact) mass is 421 g/mol. The van der Waals surface area contributed by atoms with Gasteiger partial charge < -0.3 is 14.4 Å². The van der Waals surface area contributed by atoms with Crippen LogP contribution in [-0.4, -0.2) is 36.8 Å². The van der Waals surface area contributed by atoms with E-state index in [1.807, 2.05) is 49.5 Å². The van der Waals surface area contributed by atoms with Crippen LogP contribution in [-0.2, 0) is 11.3 Å². The highest BCUT2D eigenvalue weighted by molar-refractivity contribution is 9.10. The summed E-state index contributed by atoms with van der Waals surface area (Å²) in [5.41, 5.74) is 1.10. The second-order valence-electron chi connectivity index (χ2n) is 5.79. The van der Waals surface area contributed by atoms with Crippen molar-refractivity contribution in [1.82, 2.24) is 4.90 Å². The molecule has 0 bridgehead atoms. The van der Waals surface area contributed by atoms with Crippen molar-refractivity contribution in [2.75, 3.05) is 26.0 Å². The molecule has 1 aliphatic heterocycles. The molecule has 2 aromatic carbocycles. The molecule has 132 valence electrons. The molecule has 1 aliphatic rings. The number of rotatable bonds is 5. The van der Waals surface area contributed by atoms with Gasteiger partial charge >= 0.3 is 0 Å². The van der Waals surface area contributed by atoms with Crippen molar-refractivity contribution in [3.63, 3.8) is 0 Å². The van der Waals surface area contributed by atoms with Crippen LogP contribution in [0.2, 0.25) is 0 Å². The third kappa shape index (κ3) is 4.92. The summed E-state index contributed by atoms with van der Waals surface area (Å²) in [6.07, 6.45) is 0.884. The maximum Gasteiger partial charge on any atom is 0.232 e. The molecule has 0 aromatic heterocycles. The minimum Gasteiger partial charge on any atom is -0.490 e. The largest absolute Gasteiger partial charge is 0.490 e. The topological polar surface area (TPSA) is 38.8 Å². The first-order valence-corrected chi connectivity index (χ1v) is 9.91. The summed E-state index contributed by atoms with van der Waals surface area (Å²) < 4.78 is 12.3. The van der Waals surface area contributed by atoms with Crippen LogP contribution in [0.15, 0.2) is 51.8 Å². The number of amides is 1. The van der Waals surface area contributed by atoms with E-state index in [4.69, 9.17) is 9.47 Å². The van der Waals surface area contributed by atoms with Crippen LogP contribution < -0.4 is 9.47 Å². The van der Waals surface area contributed by atoms with Gasteiger partial charge in [-0.15, -0.1) is 11.8 Å². The van der Waals surface area contributed by atoms with Gasteiger partial charge in [-0.1, -0.05) is 34.1 Å². The Morgan fingerprint density at radius 3 is 2.72 bits per heavy atom. The molecule has 0 saturated carbocycles. The Bertz CT molecular complexity index is 753. The van der Waals surface area contributed by atoms with Crippen LogP contribution in [0.3, 0.4) is 0 Å². The third-order valence-electron chi connectivity index (χ3n) is 3.87. The van der Waals surface area contributed by atoms with E-state index < -0.39 is 0 Å². The van der Waals surface area contributed by atoms with Crippen molar-refractivity contribution in [3.8, 4) is 11.5 Å². The van der Waals surface area contributed by atoms with Crippen LogP contribution in [0, 0.1) is 0 Å². The molecule has 0 aliphatic carbocycles. The van der Waals surface area contributed by atoms with E-state index in [0.29, 0.717) is 25.5 Å².